The quantitative estimate of drug-likeness (QED) is 0.649. The highest BCUT2D eigenvalue weighted by Gasteiger charge is 2.05. The van der Waals surface area contributed by atoms with Crippen LogP contribution in [0.2, 0.25) is 0 Å². The van der Waals surface area contributed by atoms with Crippen molar-refractivity contribution in [3.05, 3.63) is 33.5 Å². The number of aromatic nitrogens is 1. The summed E-state index contributed by atoms with van der Waals surface area (Å²) in [4.78, 5) is 14.5. The van der Waals surface area contributed by atoms with Gasteiger partial charge in [-0.25, -0.2) is 4.98 Å². The van der Waals surface area contributed by atoms with Gasteiger partial charge in [-0.15, -0.1) is 0 Å². The number of carbonyl (C=O) groups is 1. The lowest BCUT2D eigenvalue weighted by Crippen LogP contribution is -1.89. The van der Waals surface area contributed by atoms with Gasteiger partial charge < -0.3 is 5.11 Å². The first-order valence-corrected chi connectivity index (χ1v) is 5.03. The lowest BCUT2D eigenvalue weighted by atomic mass is 10.2. The van der Waals surface area contributed by atoms with Crippen molar-refractivity contribution in [3.8, 4) is 5.75 Å². The molecule has 0 atom stereocenters. The van der Waals surface area contributed by atoms with Crippen LogP contribution in [-0.2, 0) is 0 Å². The third-order valence-electron chi connectivity index (χ3n) is 1.92. The van der Waals surface area contributed by atoms with Gasteiger partial charge in [-0.05, 0) is 46.9 Å². The number of phenolic OH excluding ortho intramolecular Hbond substituents is 1. The molecule has 2 rings (SSSR count). The van der Waals surface area contributed by atoms with E-state index in [1.807, 2.05) is 0 Å². The number of nitrogens with zero attached hydrogens (tertiary/aromatic N) is 1. The van der Waals surface area contributed by atoms with Crippen molar-refractivity contribution in [1.82, 2.24) is 4.98 Å². The topological polar surface area (TPSA) is 50.2 Å². The van der Waals surface area contributed by atoms with E-state index in [2.05, 4.69) is 27.6 Å². The van der Waals surface area contributed by atoms with E-state index in [0.717, 1.165) is 8.96 Å². The smallest absolute Gasteiger partial charge is 0.168 e. The van der Waals surface area contributed by atoms with Gasteiger partial charge in [0.25, 0.3) is 0 Å². The zero-order valence-corrected chi connectivity index (χ0v) is 9.22. The number of fused-ring (bicyclic) bond motifs is 1. The molecular weight excluding hydrogens is 293 g/mol. The summed E-state index contributed by atoms with van der Waals surface area (Å²) in [7, 11) is 0. The maximum absolute atomic E-state index is 10.5. The fraction of sp³-hybridized carbons (Fsp3) is 0. The maximum Gasteiger partial charge on any atom is 0.168 e. The summed E-state index contributed by atoms with van der Waals surface area (Å²) in [6.07, 6.45) is 0.665. The van der Waals surface area contributed by atoms with Crippen molar-refractivity contribution >= 4 is 39.8 Å². The minimum absolute atomic E-state index is 0.101. The highest BCUT2D eigenvalue weighted by atomic mass is 127. The Morgan fingerprint density at radius 3 is 2.79 bits per heavy atom. The molecule has 0 saturated heterocycles. The van der Waals surface area contributed by atoms with Gasteiger partial charge in [-0.1, -0.05) is 0 Å². The van der Waals surface area contributed by atoms with Gasteiger partial charge in [0.05, 0.1) is 0 Å². The maximum atomic E-state index is 10.5. The molecule has 0 aliphatic heterocycles. The Balaban J connectivity index is 2.86. The largest absolute Gasteiger partial charge is 0.506 e. The van der Waals surface area contributed by atoms with Gasteiger partial charge >= 0.3 is 0 Å². The molecule has 0 aliphatic rings. The second kappa shape index (κ2) is 3.53. The summed E-state index contributed by atoms with van der Waals surface area (Å²) < 4.78 is 1.00. The Kier molecular flexibility index (Phi) is 2.37. The van der Waals surface area contributed by atoms with Crippen molar-refractivity contribution in [3.63, 3.8) is 0 Å². The number of hydrogen-bond acceptors (Lipinski definition) is 3. The van der Waals surface area contributed by atoms with E-state index in [0.29, 0.717) is 17.5 Å². The van der Waals surface area contributed by atoms with Crippen molar-refractivity contribution in [2.45, 2.75) is 0 Å². The van der Waals surface area contributed by atoms with Crippen LogP contribution >= 0.6 is 22.6 Å². The van der Waals surface area contributed by atoms with Crippen LogP contribution in [0, 0.1) is 3.57 Å². The van der Waals surface area contributed by atoms with Crippen molar-refractivity contribution in [2.24, 2.45) is 0 Å². The number of hydrogen-bond donors (Lipinski definition) is 1. The summed E-state index contributed by atoms with van der Waals surface area (Å²) in [5, 5.41) is 10.4. The Morgan fingerprint density at radius 2 is 2.07 bits per heavy atom. The number of carbonyl (C=O) groups excluding carboxylic acids is 1. The van der Waals surface area contributed by atoms with Gasteiger partial charge in [-0.2, -0.15) is 0 Å². The summed E-state index contributed by atoms with van der Waals surface area (Å²) in [5.74, 6) is 0.101. The number of aldehydes is 1. The van der Waals surface area contributed by atoms with Crippen LogP contribution in [0.15, 0.2) is 24.3 Å². The van der Waals surface area contributed by atoms with Crippen LogP contribution in [0.1, 0.15) is 10.5 Å². The molecule has 3 nitrogen and oxygen atoms in total. The van der Waals surface area contributed by atoms with E-state index in [1.165, 1.54) is 0 Å². The molecule has 4 heteroatoms. The molecular formula is C10H6INO2. The first kappa shape index (κ1) is 9.39. The molecule has 0 saturated carbocycles. The molecule has 1 aromatic heterocycles. The number of benzene rings is 1. The third-order valence-corrected chi connectivity index (χ3v) is 2.87. The molecule has 0 bridgehead atoms. The minimum Gasteiger partial charge on any atom is -0.506 e. The highest BCUT2D eigenvalue weighted by molar-refractivity contribution is 14.1. The standard InChI is InChI=1S/C10H6INO2/c11-8-3-4-9(14)10-7(8)2-1-6(5-13)12-10/h1-5,14H. The molecule has 1 heterocycles. The van der Waals surface area contributed by atoms with Crippen LogP contribution in [0.4, 0.5) is 0 Å². The lowest BCUT2D eigenvalue weighted by molar-refractivity contribution is 0.111. The normalized spacial score (nSPS) is 10.4. The van der Waals surface area contributed by atoms with Crippen LogP contribution in [0.3, 0.4) is 0 Å². The van der Waals surface area contributed by atoms with E-state index in [-0.39, 0.29) is 5.75 Å². The third kappa shape index (κ3) is 1.45. The fourth-order valence-electron chi connectivity index (χ4n) is 1.25. The Labute approximate surface area is 93.9 Å². The monoisotopic (exact) mass is 299 g/mol. The van der Waals surface area contributed by atoms with E-state index < -0.39 is 0 Å². The van der Waals surface area contributed by atoms with Crippen molar-refractivity contribution < 1.29 is 9.90 Å². The summed E-state index contributed by atoms with van der Waals surface area (Å²) in [6, 6.07) is 6.80. The van der Waals surface area contributed by atoms with Crippen LogP contribution < -0.4 is 0 Å². The Morgan fingerprint density at radius 1 is 1.29 bits per heavy atom. The summed E-state index contributed by atoms with van der Waals surface area (Å²) in [5.41, 5.74) is 0.802. The van der Waals surface area contributed by atoms with Crippen molar-refractivity contribution in [2.75, 3.05) is 0 Å². The lowest BCUT2D eigenvalue weighted by Gasteiger charge is -2.02. The number of rotatable bonds is 1. The van der Waals surface area contributed by atoms with E-state index in [1.54, 1.807) is 24.3 Å². The number of pyridine rings is 1. The molecule has 1 aromatic carbocycles. The van der Waals surface area contributed by atoms with Crippen molar-refractivity contribution in [1.29, 1.82) is 0 Å². The molecule has 70 valence electrons. The molecule has 14 heavy (non-hydrogen) atoms. The summed E-state index contributed by atoms with van der Waals surface area (Å²) in [6.45, 7) is 0. The molecule has 0 spiro atoms. The second-order valence-electron chi connectivity index (χ2n) is 2.82. The first-order chi connectivity index (χ1) is 6.72. The molecule has 0 amide bonds. The molecule has 0 aliphatic carbocycles. The van der Waals surface area contributed by atoms with Gasteiger partial charge in [0.1, 0.15) is 17.0 Å². The highest BCUT2D eigenvalue weighted by Crippen LogP contribution is 2.26. The average Bonchev–Trinajstić information content (AvgIpc) is 2.23. The fourth-order valence-corrected chi connectivity index (χ4v) is 1.86. The van der Waals surface area contributed by atoms with E-state index in [9.17, 15) is 9.90 Å². The predicted molar refractivity (Wildman–Crippen MR) is 61.5 cm³/mol. The zero-order chi connectivity index (χ0) is 10.1. The first-order valence-electron chi connectivity index (χ1n) is 3.96. The van der Waals surface area contributed by atoms with E-state index in [4.69, 9.17) is 0 Å². The zero-order valence-electron chi connectivity index (χ0n) is 7.07. The second-order valence-corrected chi connectivity index (χ2v) is 3.98. The molecule has 1 N–H and O–H groups in total. The molecule has 0 radical (unpaired) electrons. The Hall–Kier alpha value is -1.17. The number of aromatic hydroxyl groups is 1. The van der Waals surface area contributed by atoms with Gasteiger partial charge in [0, 0.05) is 8.96 Å². The van der Waals surface area contributed by atoms with Gasteiger partial charge in [0.2, 0.25) is 0 Å². The van der Waals surface area contributed by atoms with Crippen LogP contribution in [-0.4, -0.2) is 16.4 Å². The van der Waals surface area contributed by atoms with Gasteiger partial charge in [0.15, 0.2) is 6.29 Å². The van der Waals surface area contributed by atoms with E-state index >= 15 is 0 Å². The molecule has 0 unspecified atom stereocenters. The average molecular weight is 299 g/mol. The number of halogens is 1. The predicted octanol–water partition coefficient (Wildman–Crippen LogP) is 2.36. The summed E-state index contributed by atoms with van der Waals surface area (Å²) >= 11 is 2.16. The van der Waals surface area contributed by atoms with Crippen LogP contribution in [0.25, 0.3) is 10.9 Å². The Bertz CT molecular complexity index is 511. The number of phenols is 1. The van der Waals surface area contributed by atoms with Gasteiger partial charge in [-0.3, -0.25) is 4.79 Å². The minimum atomic E-state index is 0.101. The van der Waals surface area contributed by atoms with Crippen LogP contribution in [0.5, 0.6) is 5.75 Å². The molecule has 0 fully saturated rings. The SMILES string of the molecule is O=Cc1ccc2c(I)ccc(O)c2n1. The molecule has 2 aromatic rings.